The summed E-state index contributed by atoms with van der Waals surface area (Å²) in [5.74, 6) is 0. The average molecular weight is 807 g/mol. The molecule has 0 aliphatic rings. The van der Waals surface area contributed by atoms with Crippen LogP contribution in [0.25, 0.3) is 99.0 Å². The summed E-state index contributed by atoms with van der Waals surface area (Å²) in [7, 11) is 0. The molecule has 12 aromatic rings. The molecule has 0 amide bonds. The minimum Gasteiger partial charge on any atom is -0.455 e. The van der Waals surface area contributed by atoms with Crippen LogP contribution in [0, 0.1) is 0 Å². The van der Waals surface area contributed by atoms with Crippen LogP contribution in [-0.4, -0.2) is 4.57 Å². The molecule has 2 heterocycles. The number of furan rings is 1. The highest BCUT2D eigenvalue weighted by Gasteiger charge is 2.19. The van der Waals surface area contributed by atoms with Gasteiger partial charge in [0.15, 0.2) is 0 Å². The normalized spacial score (nSPS) is 11.6. The van der Waals surface area contributed by atoms with Gasteiger partial charge >= 0.3 is 0 Å². The quantitative estimate of drug-likeness (QED) is 0.153. The van der Waals surface area contributed by atoms with Crippen LogP contribution in [-0.2, 0) is 6.54 Å². The monoisotopic (exact) mass is 806 g/mol. The zero-order valence-corrected chi connectivity index (χ0v) is 34.9. The van der Waals surface area contributed by atoms with Crippen molar-refractivity contribution in [1.82, 2.24) is 4.57 Å². The standard InChI is InChI=1S/C60H42N2O/c1-2-61-56-37-35-49(39-55(56)58-50-21-10-9-18-44(50)30-36-57(58)61)62(47-31-26-41(27-32-47)40-14-5-3-6-15-40)48-33-28-42(29-34-48)45-19-11-20-46(38-45)52-23-13-25-54-53-24-12-22-51(59(53)63-60(52)54)43-16-7-4-8-17-43/h3-39H,2H2,1H3. The van der Waals surface area contributed by atoms with Gasteiger partial charge in [0.2, 0.25) is 0 Å². The van der Waals surface area contributed by atoms with E-state index in [1.165, 1.54) is 43.7 Å². The van der Waals surface area contributed by atoms with Crippen LogP contribution >= 0.6 is 0 Å². The maximum atomic E-state index is 6.80. The van der Waals surface area contributed by atoms with E-state index in [9.17, 15) is 0 Å². The molecule has 0 saturated carbocycles. The topological polar surface area (TPSA) is 21.3 Å². The summed E-state index contributed by atoms with van der Waals surface area (Å²) >= 11 is 0. The molecular weight excluding hydrogens is 765 g/mol. The van der Waals surface area contributed by atoms with Crippen LogP contribution in [0.4, 0.5) is 17.1 Å². The van der Waals surface area contributed by atoms with E-state index in [0.717, 1.165) is 78.9 Å². The van der Waals surface area contributed by atoms with Gasteiger partial charge in [0.1, 0.15) is 11.2 Å². The Bertz CT molecular complexity index is 3640. The van der Waals surface area contributed by atoms with Crippen molar-refractivity contribution < 1.29 is 4.42 Å². The molecule has 0 atom stereocenters. The Morgan fingerprint density at radius 1 is 0.365 bits per heavy atom. The van der Waals surface area contributed by atoms with Gasteiger partial charge in [-0.2, -0.15) is 0 Å². The molecule has 3 nitrogen and oxygen atoms in total. The van der Waals surface area contributed by atoms with Gasteiger partial charge in [-0.1, -0.05) is 170 Å². The smallest absolute Gasteiger partial charge is 0.143 e. The van der Waals surface area contributed by atoms with E-state index >= 15 is 0 Å². The van der Waals surface area contributed by atoms with Gasteiger partial charge in [-0.3, -0.25) is 0 Å². The lowest BCUT2D eigenvalue weighted by atomic mass is 9.97. The van der Waals surface area contributed by atoms with Crippen LogP contribution in [0.1, 0.15) is 6.92 Å². The molecule has 10 aromatic carbocycles. The number of aryl methyl sites for hydroxylation is 1. The van der Waals surface area contributed by atoms with Crippen molar-refractivity contribution in [3.8, 4) is 44.5 Å². The Labute approximate surface area is 366 Å². The molecule has 63 heavy (non-hydrogen) atoms. The van der Waals surface area contributed by atoms with E-state index in [0.29, 0.717) is 0 Å². The van der Waals surface area contributed by atoms with Gasteiger partial charge in [0.05, 0.1) is 0 Å². The summed E-state index contributed by atoms with van der Waals surface area (Å²) in [5.41, 5.74) is 16.8. The minimum absolute atomic E-state index is 0.896. The lowest BCUT2D eigenvalue weighted by Crippen LogP contribution is -2.10. The second-order valence-electron chi connectivity index (χ2n) is 16.3. The molecule has 0 fully saturated rings. The summed E-state index contributed by atoms with van der Waals surface area (Å²) in [6.45, 7) is 3.13. The van der Waals surface area contributed by atoms with Gasteiger partial charge in [-0.15, -0.1) is 0 Å². The molecule has 0 N–H and O–H groups in total. The number of aromatic nitrogens is 1. The first-order valence-corrected chi connectivity index (χ1v) is 21.8. The summed E-state index contributed by atoms with van der Waals surface area (Å²) < 4.78 is 9.24. The van der Waals surface area contributed by atoms with Crippen LogP contribution in [0.3, 0.4) is 0 Å². The van der Waals surface area contributed by atoms with Crippen LogP contribution in [0.2, 0.25) is 0 Å². The molecule has 298 valence electrons. The van der Waals surface area contributed by atoms with E-state index in [-0.39, 0.29) is 0 Å². The Morgan fingerprint density at radius 2 is 0.873 bits per heavy atom. The predicted octanol–water partition coefficient (Wildman–Crippen LogP) is 17.0. The SMILES string of the molecule is CCn1c2ccc(N(c3ccc(-c4ccccc4)cc3)c3ccc(-c4cccc(-c5cccc6c5oc5c(-c7ccccc7)cccc56)c4)cc3)cc2c2c3ccccc3ccc21. The average Bonchev–Trinajstić information content (AvgIpc) is 3.91. The van der Waals surface area contributed by atoms with Gasteiger partial charge < -0.3 is 13.9 Å². The molecule has 12 rings (SSSR count). The number of para-hydroxylation sites is 2. The highest BCUT2D eigenvalue weighted by molar-refractivity contribution is 6.21. The van der Waals surface area contributed by atoms with Crippen molar-refractivity contribution in [2.45, 2.75) is 13.5 Å². The first-order chi connectivity index (χ1) is 31.2. The van der Waals surface area contributed by atoms with E-state index in [1.54, 1.807) is 0 Å². The molecule has 2 aromatic heterocycles. The summed E-state index contributed by atoms with van der Waals surface area (Å²) in [6.07, 6.45) is 0. The number of hydrogen-bond donors (Lipinski definition) is 0. The number of rotatable bonds is 8. The number of benzene rings is 10. The lowest BCUT2D eigenvalue weighted by Gasteiger charge is -2.26. The third-order valence-electron chi connectivity index (χ3n) is 12.8. The fourth-order valence-electron chi connectivity index (χ4n) is 9.78. The molecule has 0 bridgehead atoms. The fraction of sp³-hybridized carbons (Fsp3) is 0.0333. The summed E-state index contributed by atoms with van der Waals surface area (Å²) in [6, 6.07) is 81.1. The number of anilines is 3. The second-order valence-corrected chi connectivity index (χ2v) is 16.3. The zero-order chi connectivity index (χ0) is 41.9. The minimum atomic E-state index is 0.896. The Balaban J connectivity index is 0.956. The third kappa shape index (κ3) is 6.20. The van der Waals surface area contributed by atoms with E-state index in [4.69, 9.17) is 4.42 Å². The Morgan fingerprint density at radius 3 is 1.56 bits per heavy atom. The third-order valence-corrected chi connectivity index (χ3v) is 12.8. The fourth-order valence-corrected chi connectivity index (χ4v) is 9.78. The van der Waals surface area contributed by atoms with Crippen molar-refractivity contribution in [2.75, 3.05) is 4.90 Å². The highest BCUT2D eigenvalue weighted by atomic mass is 16.3. The predicted molar refractivity (Wildman–Crippen MR) is 266 cm³/mol. The second kappa shape index (κ2) is 15.1. The van der Waals surface area contributed by atoms with E-state index in [1.807, 2.05) is 0 Å². The van der Waals surface area contributed by atoms with Crippen molar-refractivity contribution in [2.24, 2.45) is 0 Å². The van der Waals surface area contributed by atoms with Crippen LogP contribution in [0.15, 0.2) is 229 Å². The molecule has 0 radical (unpaired) electrons. The first-order valence-electron chi connectivity index (χ1n) is 21.8. The first kappa shape index (κ1) is 36.7. The van der Waals surface area contributed by atoms with Crippen LogP contribution in [0.5, 0.6) is 0 Å². The number of nitrogens with zero attached hydrogens (tertiary/aromatic N) is 2. The summed E-state index contributed by atoms with van der Waals surface area (Å²) in [4.78, 5) is 2.39. The van der Waals surface area contributed by atoms with Crippen molar-refractivity contribution >= 4 is 71.6 Å². The maximum absolute atomic E-state index is 6.80. The van der Waals surface area contributed by atoms with E-state index in [2.05, 4.69) is 241 Å². The van der Waals surface area contributed by atoms with Gasteiger partial charge in [-0.05, 0) is 106 Å². The van der Waals surface area contributed by atoms with Crippen molar-refractivity contribution in [3.63, 3.8) is 0 Å². The van der Waals surface area contributed by atoms with Crippen molar-refractivity contribution in [3.05, 3.63) is 224 Å². The van der Waals surface area contributed by atoms with Gasteiger partial charge in [0.25, 0.3) is 0 Å². The zero-order valence-electron chi connectivity index (χ0n) is 34.9. The molecular formula is C60H42N2O. The van der Waals surface area contributed by atoms with Gasteiger partial charge in [-0.25, -0.2) is 0 Å². The van der Waals surface area contributed by atoms with E-state index < -0.39 is 0 Å². The maximum Gasteiger partial charge on any atom is 0.143 e. The molecule has 0 saturated heterocycles. The molecule has 0 aliphatic heterocycles. The number of fused-ring (bicyclic) bond motifs is 8. The highest BCUT2D eigenvalue weighted by Crippen LogP contribution is 2.43. The summed E-state index contributed by atoms with van der Waals surface area (Å²) in [5, 5.41) is 7.35. The van der Waals surface area contributed by atoms with Crippen molar-refractivity contribution in [1.29, 1.82) is 0 Å². The number of hydrogen-bond acceptors (Lipinski definition) is 2. The Kier molecular flexibility index (Phi) is 8.79. The Hall–Kier alpha value is -8.14. The molecule has 0 aliphatic carbocycles. The molecule has 0 spiro atoms. The largest absolute Gasteiger partial charge is 0.455 e. The molecule has 3 heteroatoms. The van der Waals surface area contributed by atoms with Crippen LogP contribution < -0.4 is 4.90 Å². The molecule has 0 unspecified atom stereocenters. The lowest BCUT2D eigenvalue weighted by molar-refractivity contribution is 0.671. The van der Waals surface area contributed by atoms with Gasteiger partial charge in [0, 0.05) is 67.3 Å².